The Morgan fingerprint density at radius 1 is 1.38 bits per heavy atom. The molecule has 0 heterocycles. The average molecular weight is 354 g/mol. The molecular weight excluding hydrogens is 330 g/mol. The Hall–Kier alpha value is -1.07. The van der Waals surface area contributed by atoms with E-state index in [1.54, 1.807) is 0 Å². The third kappa shape index (κ3) is 3.40. The molecule has 0 saturated heterocycles. The fraction of sp³-hybridized carbons (Fsp3) is 0.562. The Morgan fingerprint density at radius 3 is 2.57 bits per heavy atom. The summed E-state index contributed by atoms with van der Waals surface area (Å²) in [5, 5.41) is 3.10. The van der Waals surface area contributed by atoms with Crippen LogP contribution in [0.15, 0.2) is 16.6 Å². The van der Waals surface area contributed by atoms with Gasteiger partial charge in [-0.1, -0.05) is 28.8 Å². The first-order chi connectivity index (χ1) is 9.85. The highest BCUT2D eigenvalue weighted by atomic mass is 79.9. The van der Waals surface area contributed by atoms with Crippen LogP contribution in [0.2, 0.25) is 0 Å². The SMILES string of the molecule is Cc1c(N)cc(Br)cc1C(=O)NCC1(N(C)C)CCCC1. The van der Waals surface area contributed by atoms with Gasteiger partial charge in [0.1, 0.15) is 0 Å². The normalized spacial score (nSPS) is 17.2. The van der Waals surface area contributed by atoms with Crippen molar-refractivity contribution in [1.29, 1.82) is 0 Å². The summed E-state index contributed by atoms with van der Waals surface area (Å²) in [4.78, 5) is 14.7. The molecule has 116 valence electrons. The summed E-state index contributed by atoms with van der Waals surface area (Å²) in [5.41, 5.74) is 8.15. The highest BCUT2D eigenvalue weighted by Crippen LogP contribution is 2.33. The monoisotopic (exact) mass is 353 g/mol. The van der Waals surface area contributed by atoms with Crippen LogP contribution in [-0.4, -0.2) is 37.0 Å². The average Bonchev–Trinajstić information content (AvgIpc) is 2.90. The van der Waals surface area contributed by atoms with Crippen LogP contribution in [0.5, 0.6) is 0 Å². The highest BCUT2D eigenvalue weighted by molar-refractivity contribution is 9.10. The number of amides is 1. The Kier molecular flexibility index (Phi) is 4.94. The number of halogens is 1. The first kappa shape index (κ1) is 16.3. The number of nitrogens with one attached hydrogen (secondary N) is 1. The quantitative estimate of drug-likeness (QED) is 0.818. The van der Waals surface area contributed by atoms with Gasteiger partial charge in [0.05, 0.1) is 0 Å². The van der Waals surface area contributed by atoms with Crippen LogP contribution in [0.3, 0.4) is 0 Å². The predicted octanol–water partition coefficient (Wildman–Crippen LogP) is 2.94. The van der Waals surface area contributed by atoms with Crippen molar-refractivity contribution in [3.05, 3.63) is 27.7 Å². The van der Waals surface area contributed by atoms with Crippen molar-refractivity contribution >= 4 is 27.5 Å². The van der Waals surface area contributed by atoms with Crippen molar-refractivity contribution in [3.8, 4) is 0 Å². The summed E-state index contributed by atoms with van der Waals surface area (Å²) in [6.07, 6.45) is 4.74. The maximum atomic E-state index is 12.5. The van der Waals surface area contributed by atoms with Gasteiger partial charge in [-0.15, -0.1) is 0 Å². The van der Waals surface area contributed by atoms with Crippen molar-refractivity contribution in [3.63, 3.8) is 0 Å². The van der Waals surface area contributed by atoms with E-state index in [2.05, 4.69) is 40.2 Å². The largest absolute Gasteiger partial charge is 0.398 e. The Balaban J connectivity index is 2.12. The molecule has 1 aliphatic rings. The van der Waals surface area contributed by atoms with Gasteiger partial charge in [-0.3, -0.25) is 4.79 Å². The fourth-order valence-corrected chi connectivity index (χ4v) is 3.57. The van der Waals surface area contributed by atoms with Crippen molar-refractivity contribution in [1.82, 2.24) is 10.2 Å². The second-order valence-electron chi connectivity index (χ2n) is 6.18. The van der Waals surface area contributed by atoms with Crippen LogP contribution < -0.4 is 11.1 Å². The van der Waals surface area contributed by atoms with Gasteiger partial charge in [0.25, 0.3) is 5.91 Å². The molecule has 3 N–H and O–H groups in total. The number of likely N-dealkylation sites (N-methyl/N-ethyl adjacent to an activating group) is 1. The lowest BCUT2D eigenvalue weighted by molar-refractivity contribution is 0.0899. The van der Waals surface area contributed by atoms with Gasteiger partial charge in [-0.25, -0.2) is 0 Å². The second kappa shape index (κ2) is 6.36. The molecule has 0 aromatic heterocycles. The predicted molar refractivity (Wildman–Crippen MR) is 90.5 cm³/mol. The van der Waals surface area contributed by atoms with Gasteiger partial charge in [0, 0.05) is 27.8 Å². The first-order valence-corrected chi connectivity index (χ1v) is 8.16. The van der Waals surface area contributed by atoms with Crippen LogP contribution >= 0.6 is 15.9 Å². The lowest BCUT2D eigenvalue weighted by atomic mass is 9.95. The molecule has 5 heteroatoms. The van der Waals surface area contributed by atoms with E-state index in [-0.39, 0.29) is 11.4 Å². The Morgan fingerprint density at radius 2 is 2.00 bits per heavy atom. The molecule has 1 fully saturated rings. The molecule has 21 heavy (non-hydrogen) atoms. The molecule has 1 aromatic carbocycles. The topological polar surface area (TPSA) is 58.4 Å². The zero-order chi connectivity index (χ0) is 15.6. The summed E-state index contributed by atoms with van der Waals surface area (Å²) in [6.45, 7) is 2.57. The van der Waals surface area contributed by atoms with Crippen molar-refractivity contribution < 1.29 is 4.79 Å². The molecule has 1 amide bonds. The number of carbonyl (C=O) groups is 1. The first-order valence-electron chi connectivity index (χ1n) is 7.37. The molecule has 1 aromatic rings. The number of hydrogen-bond donors (Lipinski definition) is 2. The van der Waals surface area contributed by atoms with E-state index in [0.29, 0.717) is 17.8 Å². The summed E-state index contributed by atoms with van der Waals surface area (Å²) in [5.74, 6) is -0.0476. The van der Waals surface area contributed by atoms with Gasteiger partial charge >= 0.3 is 0 Å². The van der Waals surface area contributed by atoms with E-state index in [1.807, 2.05) is 19.1 Å². The molecule has 0 atom stereocenters. The molecule has 0 aliphatic heterocycles. The van der Waals surface area contributed by atoms with Crippen molar-refractivity contribution in [2.24, 2.45) is 0 Å². The maximum Gasteiger partial charge on any atom is 0.251 e. The molecule has 1 saturated carbocycles. The number of nitrogen functional groups attached to an aromatic ring is 1. The number of nitrogens with zero attached hydrogens (tertiary/aromatic N) is 1. The Bertz CT molecular complexity index is 537. The lowest BCUT2D eigenvalue weighted by Crippen LogP contribution is -2.50. The Labute approximate surface area is 135 Å². The van der Waals surface area contributed by atoms with Crippen LogP contribution in [0.25, 0.3) is 0 Å². The van der Waals surface area contributed by atoms with E-state index in [0.717, 1.165) is 22.9 Å². The van der Waals surface area contributed by atoms with E-state index in [9.17, 15) is 4.79 Å². The molecule has 2 rings (SSSR count). The lowest BCUT2D eigenvalue weighted by Gasteiger charge is -2.36. The second-order valence-corrected chi connectivity index (χ2v) is 7.09. The molecule has 0 bridgehead atoms. The standard InChI is InChI=1S/C16H24BrN3O/c1-11-13(8-12(17)9-14(11)18)15(21)19-10-16(20(2)3)6-4-5-7-16/h8-9H,4-7,10,18H2,1-3H3,(H,19,21). The molecule has 4 nitrogen and oxygen atoms in total. The number of carbonyl (C=O) groups excluding carboxylic acids is 1. The highest BCUT2D eigenvalue weighted by Gasteiger charge is 2.36. The number of nitrogens with two attached hydrogens (primary N) is 1. The van der Waals surface area contributed by atoms with Crippen molar-refractivity contribution in [2.75, 3.05) is 26.4 Å². The number of benzene rings is 1. The summed E-state index contributed by atoms with van der Waals surface area (Å²) < 4.78 is 0.832. The number of anilines is 1. The van der Waals surface area contributed by atoms with Crippen LogP contribution in [0, 0.1) is 6.92 Å². The smallest absolute Gasteiger partial charge is 0.251 e. The van der Waals surface area contributed by atoms with Gasteiger partial charge in [0.2, 0.25) is 0 Å². The molecule has 0 radical (unpaired) electrons. The van der Waals surface area contributed by atoms with E-state index >= 15 is 0 Å². The van der Waals surface area contributed by atoms with E-state index < -0.39 is 0 Å². The third-order valence-electron chi connectivity index (χ3n) is 4.72. The molecule has 0 spiro atoms. The summed E-state index contributed by atoms with van der Waals surface area (Å²) >= 11 is 3.40. The van der Waals surface area contributed by atoms with Gasteiger partial charge in [0.15, 0.2) is 0 Å². The van der Waals surface area contributed by atoms with Crippen LogP contribution in [0.4, 0.5) is 5.69 Å². The fourth-order valence-electron chi connectivity index (χ4n) is 3.09. The minimum absolute atomic E-state index is 0.0476. The van der Waals surface area contributed by atoms with E-state index in [1.165, 1.54) is 12.8 Å². The minimum Gasteiger partial charge on any atom is -0.398 e. The maximum absolute atomic E-state index is 12.5. The van der Waals surface area contributed by atoms with Gasteiger partial charge in [-0.2, -0.15) is 0 Å². The van der Waals surface area contributed by atoms with Crippen LogP contribution in [0.1, 0.15) is 41.6 Å². The van der Waals surface area contributed by atoms with Gasteiger partial charge in [-0.05, 0) is 51.6 Å². The van der Waals surface area contributed by atoms with Crippen molar-refractivity contribution in [2.45, 2.75) is 38.1 Å². The zero-order valence-electron chi connectivity index (χ0n) is 13.0. The summed E-state index contributed by atoms with van der Waals surface area (Å²) in [6, 6.07) is 3.66. The zero-order valence-corrected chi connectivity index (χ0v) is 14.6. The molecule has 0 unspecified atom stereocenters. The van der Waals surface area contributed by atoms with E-state index in [4.69, 9.17) is 5.73 Å². The van der Waals surface area contributed by atoms with Gasteiger partial charge < -0.3 is 16.0 Å². The van der Waals surface area contributed by atoms with Crippen LogP contribution in [-0.2, 0) is 0 Å². The summed E-state index contributed by atoms with van der Waals surface area (Å²) in [7, 11) is 4.19. The molecular formula is C16H24BrN3O. The third-order valence-corrected chi connectivity index (χ3v) is 5.18. The molecule has 1 aliphatic carbocycles. The number of hydrogen-bond acceptors (Lipinski definition) is 3. The number of rotatable bonds is 4. The minimum atomic E-state index is -0.0476.